The van der Waals surface area contributed by atoms with Crippen LogP contribution < -0.4 is 10.2 Å². The number of anilines is 1. The number of urea groups is 1. The minimum Gasteiger partial charge on any atom is -0.371 e. The molecule has 20 heavy (non-hydrogen) atoms. The van der Waals surface area contributed by atoms with Crippen LogP contribution in [0.4, 0.5) is 14.9 Å². The van der Waals surface area contributed by atoms with E-state index >= 15 is 0 Å². The van der Waals surface area contributed by atoms with Crippen molar-refractivity contribution in [1.82, 2.24) is 10.2 Å². The van der Waals surface area contributed by atoms with Crippen LogP contribution in [-0.2, 0) is 0 Å². The monoisotopic (exact) mass is 279 g/mol. The van der Waals surface area contributed by atoms with Gasteiger partial charge >= 0.3 is 6.03 Å². The molecule has 5 heteroatoms. The number of rotatable bonds is 3. The number of halogens is 1. The second kappa shape index (κ2) is 6.59. The molecule has 0 aliphatic carbocycles. The van der Waals surface area contributed by atoms with Crippen molar-refractivity contribution in [2.24, 2.45) is 0 Å². The highest BCUT2D eigenvalue weighted by atomic mass is 19.1. The molecular formula is C15H22FN3O. The van der Waals surface area contributed by atoms with E-state index < -0.39 is 0 Å². The quantitative estimate of drug-likeness (QED) is 0.922. The Morgan fingerprint density at radius 2 is 1.95 bits per heavy atom. The van der Waals surface area contributed by atoms with Gasteiger partial charge in [0.2, 0.25) is 0 Å². The van der Waals surface area contributed by atoms with Crippen molar-refractivity contribution in [3.05, 3.63) is 30.1 Å². The molecule has 2 rings (SSSR count). The van der Waals surface area contributed by atoms with Gasteiger partial charge in [-0.25, -0.2) is 9.18 Å². The van der Waals surface area contributed by atoms with Crippen LogP contribution in [0.1, 0.15) is 19.8 Å². The summed E-state index contributed by atoms with van der Waals surface area (Å²) in [5, 5.41) is 2.82. The van der Waals surface area contributed by atoms with Gasteiger partial charge in [0, 0.05) is 38.4 Å². The van der Waals surface area contributed by atoms with E-state index in [1.807, 2.05) is 26.1 Å². The van der Waals surface area contributed by atoms with Crippen molar-refractivity contribution in [2.45, 2.75) is 25.8 Å². The molecule has 2 amide bonds. The van der Waals surface area contributed by atoms with E-state index in [0.717, 1.165) is 31.6 Å². The fourth-order valence-electron chi connectivity index (χ4n) is 2.61. The van der Waals surface area contributed by atoms with Crippen LogP contribution in [0.3, 0.4) is 0 Å². The van der Waals surface area contributed by atoms with Crippen LogP contribution in [0.15, 0.2) is 24.3 Å². The number of nitrogens with one attached hydrogen (secondary N) is 1. The number of benzene rings is 1. The molecule has 1 aliphatic heterocycles. The van der Waals surface area contributed by atoms with E-state index in [1.165, 1.54) is 12.1 Å². The zero-order valence-electron chi connectivity index (χ0n) is 12.1. The number of nitrogens with zero attached hydrogens (tertiary/aromatic N) is 2. The van der Waals surface area contributed by atoms with E-state index in [4.69, 9.17) is 0 Å². The SMILES string of the molecule is CCNC(=O)N(C)C1CCN(c2ccc(F)cc2)CC1. The predicted molar refractivity (Wildman–Crippen MR) is 78.5 cm³/mol. The first kappa shape index (κ1) is 14.6. The minimum absolute atomic E-state index is 0.00673. The van der Waals surface area contributed by atoms with Crippen molar-refractivity contribution in [1.29, 1.82) is 0 Å². The largest absolute Gasteiger partial charge is 0.371 e. The number of hydrogen-bond acceptors (Lipinski definition) is 2. The smallest absolute Gasteiger partial charge is 0.317 e. The van der Waals surface area contributed by atoms with Crippen LogP contribution in [0.25, 0.3) is 0 Å². The van der Waals surface area contributed by atoms with Crippen LogP contribution >= 0.6 is 0 Å². The Hall–Kier alpha value is -1.78. The Balaban J connectivity index is 1.89. The molecule has 0 atom stereocenters. The third-order valence-corrected chi connectivity index (χ3v) is 3.85. The Bertz CT molecular complexity index is 441. The van der Waals surface area contributed by atoms with Gasteiger partial charge in [-0.05, 0) is 44.0 Å². The Morgan fingerprint density at radius 3 is 2.50 bits per heavy atom. The average Bonchev–Trinajstić information content (AvgIpc) is 2.48. The maximum absolute atomic E-state index is 12.9. The van der Waals surface area contributed by atoms with Crippen LogP contribution in [-0.4, -0.2) is 43.7 Å². The molecule has 0 spiro atoms. The number of carbonyl (C=O) groups is 1. The predicted octanol–water partition coefficient (Wildman–Crippen LogP) is 2.46. The highest BCUT2D eigenvalue weighted by Crippen LogP contribution is 2.22. The Labute approximate surface area is 119 Å². The molecule has 110 valence electrons. The summed E-state index contributed by atoms with van der Waals surface area (Å²) in [5.41, 5.74) is 1.05. The van der Waals surface area contributed by atoms with Crippen molar-refractivity contribution >= 4 is 11.7 Å². The van der Waals surface area contributed by atoms with Gasteiger partial charge in [-0.2, -0.15) is 0 Å². The van der Waals surface area contributed by atoms with E-state index in [1.54, 1.807) is 4.90 Å². The molecule has 0 bridgehead atoms. The van der Waals surface area contributed by atoms with E-state index in [9.17, 15) is 9.18 Å². The summed E-state index contributed by atoms with van der Waals surface area (Å²) in [6.45, 7) is 4.35. The highest BCUT2D eigenvalue weighted by Gasteiger charge is 2.25. The Morgan fingerprint density at radius 1 is 1.35 bits per heavy atom. The molecule has 1 N–H and O–H groups in total. The van der Waals surface area contributed by atoms with Crippen molar-refractivity contribution < 1.29 is 9.18 Å². The van der Waals surface area contributed by atoms with Gasteiger partial charge < -0.3 is 15.1 Å². The fourth-order valence-corrected chi connectivity index (χ4v) is 2.61. The van der Waals surface area contributed by atoms with Crippen molar-refractivity contribution in [3.8, 4) is 0 Å². The van der Waals surface area contributed by atoms with Gasteiger partial charge in [0.25, 0.3) is 0 Å². The molecule has 0 aromatic heterocycles. The van der Waals surface area contributed by atoms with Crippen molar-refractivity contribution in [3.63, 3.8) is 0 Å². The summed E-state index contributed by atoms with van der Waals surface area (Å²) in [6.07, 6.45) is 1.87. The lowest BCUT2D eigenvalue weighted by molar-refractivity contribution is 0.180. The molecule has 4 nitrogen and oxygen atoms in total. The lowest BCUT2D eigenvalue weighted by atomic mass is 10.0. The molecule has 0 saturated carbocycles. The fraction of sp³-hybridized carbons (Fsp3) is 0.533. The summed E-state index contributed by atoms with van der Waals surface area (Å²) < 4.78 is 12.9. The van der Waals surface area contributed by atoms with E-state index in [-0.39, 0.29) is 17.9 Å². The second-order valence-electron chi connectivity index (χ2n) is 5.14. The lowest BCUT2D eigenvalue weighted by Crippen LogP contribution is -2.48. The van der Waals surface area contributed by atoms with Gasteiger partial charge in [0.1, 0.15) is 5.82 Å². The van der Waals surface area contributed by atoms with Gasteiger partial charge in [-0.15, -0.1) is 0 Å². The number of carbonyl (C=O) groups excluding carboxylic acids is 1. The molecule has 1 aromatic rings. The summed E-state index contributed by atoms with van der Waals surface area (Å²) >= 11 is 0. The molecule has 1 saturated heterocycles. The normalized spacial score (nSPS) is 16.1. The van der Waals surface area contributed by atoms with E-state index in [0.29, 0.717) is 6.54 Å². The maximum atomic E-state index is 12.9. The molecule has 0 radical (unpaired) electrons. The zero-order chi connectivity index (χ0) is 14.5. The average molecular weight is 279 g/mol. The molecular weight excluding hydrogens is 257 g/mol. The zero-order valence-corrected chi connectivity index (χ0v) is 12.1. The first-order valence-corrected chi connectivity index (χ1v) is 7.13. The molecule has 1 aromatic carbocycles. The number of amides is 2. The Kier molecular flexibility index (Phi) is 4.82. The molecule has 1 heterocycles. The first-order chi connectivity index (χ1) is 9.61. The molecule has 0 unspecified atom stereocenters. The minimum atomic E-state index is -0.209. The van der Waals surface area contributed by atoms with Gasteiger partial charge in [-0.1, -0.05) is 0 Å². The second-order valence-corrected chi connectivity index (χ2v) is 5.14. The summed E-state index contributed by atoms with van der Waals surface area (Å²) in [7, 11) is 1.85. The molecule has 1 aliphatic rings. The lowest BCUT2D eigenvalue weighted by Gasteiger charge is -2.37. The first-order valence-electron chi connectivity index (χ1n) is 7.13. The van der Waals surface area contributed by atoms with Gasteiger partial charge in [0.05, 0.1) is 0 Å². The topological polar surface area (TPSA) is 35.6 Å². The third-order valence-electron chi connectivity index (χ3n) is 3.85. The maximum Gasteiger partial charge on any atom is 0.317 e. The number of piperidine rings is 1. The van der Waals surface area contributed by atoms with Crippen LogP contribution in [0.2, 0.25) is 0 Å². The third kappa shape index (κ3) is 3.40. The van der Waals surface area contributed by atoms with Crippen LogP contribution in [0, 0.1) is 5.82 Å². The van der Waals surface area contributed by atoms with Gasteiger partial charge in [0.15, 0.2) is 0 Å². The highest BCUT2D eigenvalue weighted by molar-refractivity contribution is 5.74. The number of hydrogen-bond donors (Lipinski definition) is 1. The summed E-state index contributed by atoms with van der Waals surface area (Å²) in [4.78, 5) is 15.8. The van der Waals surface area contributed by atoms with Crippen LogP contribution in [0.5, 0.6) is 0 Å². The molecule has 1 fully saturated rings. The summed E-state index contributed by atoms with van der Waals surface area (Å²) in [5.74, 6) is -0.209. The van der Waals surface area contributed by atoms with Crippen molar-refractivity contribution in [2.75, 3.05) is 31.6 Å². The van der Waals surface area contributed by atoms with Gasteiger partial charge in [-0.3, -0.25) is 0 Å². The standard InChI is InChI=1S/C15H22FN3O/c1-3-17-15(20)18(2)13-8-10-19(11-9-13)14-6-4-12(16)5-7-14/h4-7,13H,3,8-11H2,1-2H3,(H,17,20). The van der Waals surface area contributed by atoms with E-state index in [2.05, 4.69) is 10.2 Å². The summed E-state index contributed by atoms with van der Waals surface area (Å²) in [6, 6.07) is 6.86.